The van der Waals surface area contributed by atoms with Gasteiger partial charge >= 0.3 is 7.82 Å². The highest BCUT2D eigenvalue weighted by molar-refractivity contribution is 7.47. The largest absolute Gasteiger partial charge is 0.472 e. The van der Waals surface area contributed by atoms with E-state index in [1.807, 2.05) is 21.1 Å². The molecule has 0 heterocycles. The molecule has 45 heavy (non-hydrogen) atoms. The van der Waals surface area contributed by atoms with E-state index in [1.165, 1.54) is 109 Å². The quantitative estimate of drug-likeness (QED) is 0.0360. The van der Waals surface area contributed by atoms with Crippen molar-refractivity contribution in [3.8, 4) is 0 Å². The van der Waals surface area contributed by atoms with E-state index in [9.17, 15) is 19.4 Å². The van der Waals surface area contributed by atoms with Crippen LogP contribution in [0.15, 0.2) is 0 Å². The molecule has 0 saturated heterocycles. The van der Waals surface area contributed by atoms with Crippen molar-refractivity contribution in [2.45, 2.75) is 187 Å². The lowest BCUT2D eigenvalue weighted by Crippen LogP contribution is -2.46. The van der Waals surface area contributed by atoms with Crippen LogP contribution in [0, 0.1) is 0 Å². The second-order valence-corrected chi connectivity index (χ2v) is 15.8. The fourth-order valence-corrected chi connectivity index (χ4v) is 6.25. The van der Waals surface area contributed by atoms with Gasteiger partial charge in [-0.2, -0.15) is 0 Å². The van der Waals surface area contributed by atoms with E-state index in [2.05, 4.69) is 19.2 Å². The topological polar surface area (TPSA) is 105 Å². The summed E-state index contributed by atoms with van der Waals surface area (Å²) in [6.45, 7) is 4.85. The Morgan fingerprint density at radius 2 is 1.07 bits per heavy atom. The minimum atomic E-state index is -4.29. The first-order chi connectivity index (χ1) is 21.5. The van der Waals surface area contributed by atoms with Crippen molar-refractivity contribution in [3.05, 3.63) is 0 Å². The second-order valence-electron chi connectivity index (χ2n) is 14.3. The molecular formula is C36H76N2O6P+. The summed E-state index contributed by atoms with van der Waals surface area (Å²) in [6.07, 6.45) is 28.4. The molecular weight excluding hydrogens is 587 g/mol. The van der Waals surface area contributed by atoms with Crippen molar-refractivity contribution in [2.75, 3.05) is 40.9 Å². The lowest BCUT2D eigenvalue weighted by atomic mass is 10.0. The Morgan fingerprint density at radius 1 is 0.667 bits per heavy atom. The molecule has 0 spiro atoms. The van der Waals surface area contributed by atoms with Crippen LogP contribution >= 0.6 is 7.82 Å². The normalized spacial score (nSPS) is 14.7. The number of amides is 1. The number of quaternary nitrogens is 1. The highest BCUT2D eigenvalue weighted by Crippen LogP contribution is 2.43. The maximum atomic E-state index is 12.7. The molecule has 0 bridgehead atoms. The van der Waals surface area contributed by atoms with Crippen molar-refractivity contribution < 1.29 is 32.9 Å². The summed E-state index contributed by atoms with van der Waals surface area (Å²) in [5.41, 5.74) is 0. The summed E-state index contributed by atoms with van der Waals surface area (Å²) in [5, 5.41) is 13.8. The summed E-state index contributed by atoms with van der Waals surface area (Å²) in [7, 11) is 1.62. The standard InChI is InChI=1S/C36H75N2O6P/c1-6-8-10-12-14-16-17-18-19-20-21-22-23-25-27-29-35(39)34(33-44-45(41,42)43-32-31-38(3,4)5)37-36(40)30-28-26-24-15-13-11-9-7-2/h34-35,39H,6-33H2,1-5H3,(H-,37,40,41,42)/p+1/t34-,35+/m0/s1. The van der Waals surface area contributed by atoms with Crippen LogP contribution in [0.3, 0.4) is 0 Å². The zero-order valence-corrected chi connectivity index (χ0v) is 31.3. The lowest BCUT2D eigenvalue weighted by molar-refractivity contribution is -0.870. The molecule has 0 rings (SSSR count). The molecule has 0 saturated carbocycles. The van der Waals surface area contributed by atoms with Gasteiger partial charge in [-0.1, -0.05) is 155 Å². The molecule has 1 unspecified atom stereocenters. The third-order valence-electron chi connectivity index (χ3n) is 8.61. The molecule has 0 fully saturated rings. The highest BCUT2D eigenvalue weighted by Gasteiger charge is 2.28. The Balaban J connectivity index is 4.40. The number of aliphatic hydroxyl groups excluding tert-OH is 1. The summed E-state index contributed by atoms with van der Waals surface area (Å²) >= 11 is 0. The van der Waals surface area contributed by atoms with Gasteiger partial charge in [-0.15, -0.1) is 0 Å². The Hall–Kier alpha value is -0.500. The van der Waals surface area contributed by atoms with Crippen molar-refractivity contribution in [2.24, 2.45) is 0 Å². The van der Waals surface area contributed by atoms with Crippen molar-refractivity contribution in [1.82, 2.24) is 5.32 Å². The molecule has 3 N–H and O–H groups in total. The smallest absolute Gasteiger partial charge is 0.391 e. The Bertz CT molecular complexity index is 718. The number of phosphoric ester groups is 1. The van der Waals surface area contributed by atoms with E-state index in [0.29, 0.717) is 23.9 Å². The molecule has 0 aromatic carbocycles. The summed E-state index contributed by atoms with van der Waals surface area (Å²) in [4.78, 5) is 22.9. The van der Waals surface area contributed by atoms with E-state index in [4.69, 9.17) is 9.05 Å². The summed E-state index contributed by atoms with van der Waals surface area (Å²) in [5.74, 6) is -0.149. The first kappa shape index (κ1) is 44.5. The number of carbonyl (C=O) groups is 1. The van der Waals surface area contributed by atoms with Crippen LogP contribution in [0.2, 0.25) is 0 Å². The first-order valence-corrected chi connectivity index (χ1v) is 20.4. The van der Waals surface area contributed by atoms with Crippen LogP contribution in [0.1, 0.15) is 174 Å². The number of unbranched alkanes of at least 4 members (excludes halogenated alkanes) is 21. The lowest BCUT2D eigenvalue weighted by Gasteiger charge is -2.26. The zero-order valence-electron chi connectivity index (χ0n) is 30.4. The van der Waals surface area contributed by atoms with Crippen LogP contribution in [0.5, 0.6) is 0 Å². The average Bonchev–Trinajstić information content (AvgIpc) is 2.97. The third-order valence-corrected chi connectivity index (χ3v) is 9.59. The molecule has 3 atom stereocenters. The number of nitrogens with one attached hydrogen (secondary N) is 1. The number of phosphoric acid groups is 1. The fourth-order valence-electron chi connectivity index (χ4n) is 5.52. The third kappa shape index (κ3) is 31.8. The van der Waals surface area contributed by atoms with E-state index in [0.717, 1.165) is 38.5 Å². The summed E-state index contributed by atoms with van der Waals surface area (Å²) < 4.78 is 23.5. The van der Waals surface area contributed by atoms with Gasteiger partial charge in [-0.3, -0.25) is 13.8 Å². The second kappa shape index (κ2) is 29.6. The van der Waals surface area contributed by atoms with Gasteiger partial charge in [0, 0.05) is 6.42 Å². The molecule has 0 aromatic rings. The minimum absolute atomic E-state index is 0.0778. The number of nitrogens with zero attached hydrogens (tertiary/aromatic N) is 1. The van der Waals surface area contributed by atoms with Gasteiger partial charge in [0.15, 0.2) is 0 Å². The van der Waals surface area contributed by atoms with Crippen LogP contribution < -0.4 is 5.32 Å². The van der Waals surface area contributed by atoms with Gasteiger partial charge in [0.1, 0.15) is 13.2 Å². The van der Waals surface area contributed by atoms with Crippen LogP contribution in [0.25, 0.3) is 0 Å². The molecule has 0 aliphatic carbocycles. The van der Waals surface area contributed by atoms with Crippen LogP contribution in [-0.4, -0.2) is 73.4 Å². The Labute approximate surface area is 279 Å². The number of hydrogen-bond acceptors (Lipinski definition) is 5. The Kier molecular flexibility index (Phi) is 29.3. The van der Waals surface area contributed by atoms with E-state index < -0.39 is 20.0 Å². The van der Waals surface area contributed by atoms with Gasteiger partial charge in [0.2, 0.25) is 5.91 Å². The van der Waals surface area contributed by atoms with Gasteiger partial charge in [0.25, 0.3) is 0 Å². The zero-order chi connectivity index (χ0) is 33.7. The molecule has 0 aliphatic rings. The van der Waals surface area contributed by atoms with Crippen LogP contribution in [0.4, 0.5) is 0 Å². The number of carbonyl (C=O) groups excluding carboxylic acids is 1. The monoisotopic (exact) mass is 664 g/mol. The maximum absolute atomic E-state index is 12.7. The molecule has 0 aliphatic heterocycles. The Morgan fingerprint density at radius 3 is 1.49 bits per heavy atom. The number of likely N-dealkylation sites (N-methyl/N-ethyl adjacent to an activating group) is 1. The first-order valence-electron chi connectivity index (χ1n) is 18.9. The van der Waals surface area contributed by atoms with E-state index in [1.54, 1.807) is 0 Å². The SMILES string of the molecule is CCCCCCCCCCCCCCCCC[C@@H](O)[C@H](COP(=O)(O)OCC[N+](C)(C)C)NC(=O)CCCCCCCCCC. The maximum Gasteiger partial charge on any atom is 0.472 e. The number of aliphatic hydroxyl groups is 1. The predicted octanol–water partition coefficient (Wildman–Crippen LogP) is 9.46. The van der Waals surface area contributed by atoms with E-state index >= 15 is 0 Å². The fraction of sp³-hybridized carbons (Fsp3) is 0.972. The number of hydrogen-bond donors (Lipinski definition) is 3. The molecule has 0 radical (unpaired) electrons. The molecule has 8 nitrogen and oxygen atoms in total. The van der Waals surface area contributed by atoms with E-state index in [-0.39, 0.29) is 19.1 Å². The average molecular weight is 664 g/mol. The van der Waals surface area contributed by atoms with Gasteiger partial charge < -0.3 is 19.8 Å². The van der Waals surface area contributed by atoms with Crippen LogP contribution in [-0.2, 0) is 18.4 Å². The van der Waals surface area contributed by atoms with Gasteiger partial charge in [0.05, 0.1) is 39.9 Å². The van der Waals surface area contributed by atoms with Crippen molar-refractivity contribution in [3.63, 3.8) is 0 Å². The summed E-state index contributed by atoms with van der Waals surface area (Å²) in [6, 6.07) is -0.749. The number of rotatable bonds is 34. The predicted molar refractivity (Wildman–Crippen MR) is 189 cm³/mol. The van der Waals surface area contributed by atoms with Gasteiger partial charge in [-0.05, 0) is 12.8 Å². The molecule has 9 heteroatoms. The van der Waals surface area contributed by atoms with Crippen molar-refractivity contribution in [1.29, 1.82) is 0 Å². The van der Waals surface area contributed by atoms with Gasteiger partial charge in [-0.25, -0.2) is 4.57 Å². The van der Waals surface area contributed by atoms with Crippen molar-refractivity contribution >= 4 is 13.7 Å². The molecule has 0 aromatic heterocycles. The minimum Gasteiger partial charge on any atom is -0.391 e. The molecule has 1 amide bonds. The molecule has 270 valence electrons. The highest BCUT2D eigenvalue weighted by atomic mass is 31.2.